The van der Waals surface area contributed by atoms with Crippen LogP contribution < -0.4 is 5.73 Å². The molecule has 0 saturated carbocycles. The van der Waals surface area contributed by atoms with Crippen molar-refractivity contribution in [3.8, 4) is 0 Å². The molecule has 0 bridgehead atoms. The predicted octanol–water partition coefficient (Wildman–Crippen LogP) is 4.91. The molecule has 0 saturated heterocycles. The Kier molecular flexibility index (Phi) is 8.38. The van der Waals surface area contributed by atoms with Crippen LogP contribution in [-0.2, 0) is 0 Å². The first-order chi connectivity index (χ1) is 8.59. The lowest BCUT2D eigenvalue weighted by Gasteiger charge is -1.93. The van der Waals surface area contributed by atoms with Crippen LogP contribution in [0.15, 0.2) is 48.5 Å². The quantitative estimate of drug-likeness (QED) is 0.654. The molecule has 2 rings (SSSR count). The fourth-order valence-corrected chi connectivity index (χ4v) is 1.33. The van der Waals surface area contributed by atoms with E-state index in [1.807, 2.05) is 45.0 Å². The van der Waals surface area contributed by atoms with E-state index in [4.69, 9.17) is 5.73 Å². The summed E-state index contributed by atoms with van der Waals surface area (Å²) in [5.41, 5.74) is 10.2. The van der Waals surface area contributed by atoms with Gasteiger partial charge in [-0.05, 0) is 49.6 Å². The number of hydrogen-bond acceptors (Lipinski definition) is 1. The van der Waals surface area contributed by atoms with Crippen LogP contribution in [0.5, 0.6) is 0 Å². The smallest absolute Gasteiger partial charge is 0.0316 e. The lowest BCUT2D eigenvalue weighted by atomic mass is 10.1. The molecule has 1 heteroatoms. The molecule has 0 spiro atoms. The number of rotatable bonds is 0. The van der Waals surface area contributed by atoms with Crippen LogP contribution in [0.25, 0.3) is 0 Å². The van der Waals surface area contributed by atoms with Crippen LogP contribution in [-0.4, -0.2) is 0 Å². The summed E-state index contributed by atoms with van der Waals surface area (Å²) in [6, 6.07) is 16.2. The average Bonchev–Trinajstić information content (AvgIpc) is 2.36. The summed E-state index contributed by atoms with van der Waals surface area (Å²) in [5.74, 6) is 0. The summed E-state index contributed by atoms with van der Waals surface area (Å²) in [5, 5.41) is 0. The van der Waals surface area contributed by atoms with Crippen LogP contribution in [0.3, 0.4) is 0 Å². The third-order valence-corrected chi connectivity index (χ3v) is 2.47. The van der Waals surface area contributed by atoms with E-state index in [0.29, 0.717) is 0 Å². The van der Waals surface area contributed by atoms with E-state index in [2.05, 4.69) is 38.1 Å². The minimum Gasteiger partial charge on any atom is -0.399 e. The summed E-state index contributed by atoms with van der Waals surface area (Å²) < 4.78 is 0. The Hall–Kier alpha value is -1.76. The Balaban J connectivity index is 0.000000283. The Morgan fingerprint density at radius 2 is 1.22 bits per heavy atom. The molecule has 0 heterocycles. The molecule has 0 aliphatic heterocycles. The lowest BCUT2D eigenvalue weighted by Crippen LogP contribution is -1.82. The second kappa shape index (κ2) is 9.29. The Bertz CT molecular complexity index is 409. The number of aryl methyl sites for hydroxylation is 3. The molecule has 18 heavy (non-hydrogen) atoms. The molecule has 2 N–H and O–H groups in total. The van der Waals surface area contributed by atoms with Crippen molar-refractivity contribution in [2.24, 2.45) is 0 Å². The van der Waals surface area contributed by atoms with Crippen LogP contribution in [0, 0.1) is 20.8 Å². The molecule has 0 fully saturated rings. The molecule has 0 aromatic heterocycles. The van der Waals surface area contributed by atoms with Gasteiger partial charge in [-0.25, -0.2) is 0 Å². The van der Waals surface area contributed by atoms with Gasteiger partial charge in [-0.3, -0.25) is 0 Å². The molecule has 0 radical (unpaired) electrons. The summed E-state index contributed by atoms with van der Waals surface area (Å²) >= 11 is 0. The number of nitrogen functional groups attached to an aromatic ring is 1. The van der Waals surface area contributed by atoms with E-state index in [1.165, 1.54) is 16.7 Å². The van der Waals surface area contributed by atoms with E-state index in [1.54, 1.807) is 0 Å². The van der Waals surface area contributed by atoms with E-state index in [-0.39, 0.29) is 0 Å². The van der Waals surface area contributed by atoms with Gasteiger partial charge in [-0.1, -0.05) is 50.2 Å². The molecule has 2 aromatic rings. The van der Waals surface area contributed by atoms with Crippen LogP contribution >= 0.6 is 0 Å². The summed E-state index contributed by atoms with van der Waals surface area (Å²) in [6.07, 6.45) is 0. The second-order valence-electron chi connectivity index (χ2n) is 4.00. The standard InChI is InChI=1S/C8H10.C7H9N.C2H6/c1-7-5-3-4-6-8(7)2;1-6-3-2-4-7(8)5-6;1-2/h3-6H,1-2H3;2-5H,8H2,1H3;1-2H3. The third kappa shape index (κ3) is 6.74. The maximum absolute atomic E-state index is 5.46. The van der Waals surface area contributed by atoms with Gasteiger partial charge in [0.25, 0.3) is 0 Å². The van der Waals surface area contributed by atoms with Crippen molar-refractivity contribution in [2.45, 2.75) is 34.6 Å². The second-order valence-corrected chi connectivity index (χ2v) is 4.00. The van der Waals surface area contributed by atoms with Crippen molar-refractivity contribution >= 4 is 5.69 Å². The third-order valence-electron chi connectivity index (χ3n) is 2.47. The molecular weight excluding hydrogens is 218 g/mol. The van der Waals surface area contributed by atoms with Gasteiger partial charge in [-0.15, -0.1) is 0 Å². The van der Waals surface area contributed by atoms with Crippen molar-refractivity contribution in [1.29, 1.82) is 0 Å². The fraction of sp³-hybridized carbons (Fsp3) is 0.294. The van der Waals surface area contributed by atoms with Gasteiger partial charge in [-0.2, -0.15) is 0 Å². The van der Waals surface area contributed by atoms with E-state index in [9.17, 15) is 0 Å². The highest BCUT2D eigenvalue weighted by molar-refractivity contribution is 5.39. The van der Waals surface area contributed by atoms with Crippen molar-refractivity contribution in [1.82, 2.24) is 0 Å². The van der Waals surface area contributed by atoms with E-state index < -0.39 is 0 Å². The molecular formula is C17H25N. The zero-order chi connectivity index (χ0) is 14.0. The van der Waals surface area contributed by atoms with Crippen molar-refractivity contribution in [3.63, 3.8) is 0 Å². The first kappa shape index (κ1) is 16.2. The van der Waals surface area contributed by atoms with Gasteiger partial charge in [0.15, 0.2) is 0 Å². The topological polar surface area (TPSA) is 26.0 Å². The Morgan fingerprint density at radius 3 is 1.50 bits per heavy atom. The number of hydrogen-bond donors (Lipinski definition) is 1. The zero-order valence-electron chi connectivity index (χ0n) is 12.2. The molecule has 98 valence electrons. The molecule has 0 aliphatic carbocycles. The van der Waals surface area contributed by atoms with Gasteiger partial charge in [0.2, 0.25) is 0 Å². The lowest BCUT2D eigenvalue weighted by molar-refractivity contribution is 1.34. The summed E-state index contributed by atoms with van der Waals surface area (Å²) in [7, 11) is 0. The van der Waals surface area contributed by atoms with Crippen LogP contribution in [0.1, 0.15) is 30.5 Å². The number of anilines is 1. The predicted molar refractivity (Wildman–Crippen MR) is 82.9 cm³/mol. The summed E-state index contributed by atoms with van der Waals surface area (Å²) in [4.78, 5) is 0. The maximum Gasteiger partial charge on any atom is 0.0316 e. The highest BCUT2D eigenvalue weighted by Gasteiger charge is 1.84. The molecule has 1 nitrogen and oxygen atoms in total. The van der Waals surface area contributed by atoms with Gasteiger partial charge in [0.1, 0.15) is 0 Å². The van der Waals surface area contributed by atoms with Crippen LogP contribution in [0.2, 0.25) is 0 Å². The SMILES string of the molecule is CC.Cc1cccc(N)c1.Cc1ccccc1C. The molecule has 0 amide bonds. The largest absolute Gasteiger partial charge is 0.399 e. The van der Waals surface area contributed by atoms with Crippen molar-refractivity contribution < 1.29 is 0 Å². The van der Waals surface area contributed by atoms with Gasteiger partial charge in [0, 0.05) is 5.69 Å². The zero-order valence-corrected chi connectivity index (χ0v) is 12.2. The first-order valence-corrected chi connectivity index (χ1v) is 6.44. The monoisotopic (exact) mass is 243 g/mol. The minimum absolute atomic E-state index is 0.838. The van der Waals surface area contributed by atoms with Crippen molar-refractivity contribution in [2.75, 3.05) is 5.73 Å². The fourth-order valence-electron chi connectivity index (χ4n) is 1.33. The number of nitrogens with two attached hydrogens (primary N) is 1. The van der Waals surface area contributed by atoms with Gasteiger partial charge >= 0.3 is 0 Å². The molecule has 0 atom stereocenters. The highest BCUT2D eigenvalue weighted by atomic mass is 14.5. The molecule has 2 aromatic carbocycles. The van der Waals surface area contributed by atoms with Gasteiger partial charge in [0.05, 0.1) is 0 Å². The highest BCUT2D eigenvalue weighted by Crippen LogP contribution is 2.03. The van der Waals surface area contributed by atoms with E-state index >= 15 is 0 Å². The normalized spacial score (nSPS) is 8.50. The first-order valence-electron chi connectivity index (χ1n) is 6.44. The maximum atomic E-state index is 5.46. The van der Waals surface area contributed by atoms with Gasteiger partial charge < -0.3 is 5.73 Å². The molecule has 0 aliphatic rings. The van der Waals surface area contributed by atoms with E-state index in [0.717, 1.165) is 5.69 Å². The molecule has 0 unspecified atom stereocenters. The Labute approximate surface area is 112 Å². The van der Waals surface area contributed by atoms with Crippen molar-refractivity contribution in [3.05, 3.63) is 65.2 Å². The van der Waals surface area contributed by atoms with Crippen LogP contribution in [0.4, 0.5) is 5.69 Å². The average molecular weight is 243 g/mol. The number of benzene rings is 2. The minimum atomic E-state index is 0.838. The summed E-state index contributed by atoms with van der Waals surface area (Å²) in [6.45, 7) is 10.3. The Morgan fingerprint density at radius 1 is 0.722 bits per heavy atom.